The molecule has 1 rings (SSSR count). The third-order valence-corrected chi connectivity index (χ3v) is 1.39. The lowest BCUT2D eigenvalue weighted by atomic mass is 10.2. The quantitative estimate of drug-likeness (QED) is 0.557. The van der Waals surface area contributed by atoms with E-state index in [0.29, 0.717) is 5.56 Å². The van der Waals surface area contributed by atoms with Crippen LogP contribution in [-0.4, -0.2) is 11.1 Å². The monoisotopic (exact) mass is 178 g/mol. The van der Waals surface area contributed by atoms with E-state index in [9.17, 15) is 4.79 Å². The first kappa shape index (κ1) is 9.32. The van der Waals surface area contributed by atoms with Crippen LogP contribution in [0.5, 0.6) is 5.75 Å². The van der Waals surface area contributed by atoms with Crippen LogP contribution in [0.3, 0.4) is 0 Å². The number of ether oxygens (including phenoxy) is 1. The Kier molecular flexibility index (Phi) is 3.09. The maximum Gasteiger partial charge on any atom is 0.343 e. The van der Waals surface area contributed by atoms with E-state index in [0.717, 1.165) is 0 Å². The number of aromatic hydroxyl groups is 1. The second kappa shape index (κ2) is 4.30. The van der Waals surface area contributed by atoms with E-state index >= 15 is 0 Å². The van der Waals surface area contributed by atoms with Gasteiger partial charge < -0.3 is 9.84 Å². The molecule has 1 aromatic carbocycles. The Morgan fingerprint density at radius 1 is 1.54 bits per heavy atom. The topological polar surface area (TPSA) is 46.5 Å². The van der Waals surface area contributed by atoms with Gasteiger partial charge in [0.15, 0.2) is 0 Å². The third-order valence-electron chi connectivity index (χ3n) is 1.39. The van der Waals surface area contributed by atoms with E-state index in [1.54, 1.807) is 25.1 Å². The number of carbonyl (C=O) groups is 1. The number of hydrogen-bond donors (Lipinski definition) is 1. The van der Waals surface area contributed by atoms with Crippen molar-refractivity contribution in [3.8, 4) is 5.75 Å². The largest absolute Gasteiger partial charge is 0.508 e. The summed E-state index contributed by atoms with van der Waals surface area (Å²) < 4.78 is 4.70. The van der Waals surface area contributed by atoms with Gasteiger partial charge in [-0.25, -0.2) is 4.79 Å². The fourth-order valence-corrected chi connectivity index (χ4v) is 0.831. The summed E-state index contributed by atoms with van der Waals surface area (Å²) in [6.07, 6.45) is 2.91. The van der Waals surface area contributed by atoms with Crippen LogP contribution in [0.4, 0.5) is 0 Å². The molecular formula is C10H10O3. The minimum Gasteiger partial charge on any atom is -0.508 e. The van der Waals surface area contributed by atoms with Crippen molar-refractivity contribution in [3.63, 3.8) is 0 Å². The molecule has 0 aliphatic heterocycles. The van der Waals surface area contributed by atoms with Crippen LogP contribution in [0.25, 0.3) is 0 Å². The molecule has 0 saturated heterocycles. The van der Waals surface area contributed by atoms with Crippen LogP contribution in [0.2, 0.25) is 0 Å². The molecule has 0 aliphatic rings. The van der Waals surface area contributed by atoms with Crippen molar-refractivity contribution in [3.05, 3.63) is 42.2 Å². The maximum absolute atomic E-state index is 11.2. The fourth-order valence-electron chi connectivity index (χ4n) is 0.831. The molecule has 0 unspecified atom stereocenters. The van der Waals surface area contributed by atoms with E-state index in [2.05, 4.69) is 0 Å². The second-order valence-electron chi connectivity index (χ2n) is 2.43. The predicted octanol–water partition coefficient (Wildman–Crippen LogP) is 2.08. The molecule has 0 atom stereocenters. The van der Waals surface area contributed by atoms with Gasteiger partial charge in [0.25, 0.3) is 0 Å². The summed E-state index contributed by atoms with van der Waals surface area (Å²) in [5.41, 5.74) is 0.332. The highest BCUT2D eigenvalue weighted by atomic mass is 16.5. The Morgan fingerprint density at radius 2 is 2.31 bits per heavy atom. The lowest BCUT2D eigenvalue weighted by molar-refractivity contribution is 0.0662. The molecular weight excluding hydrogens is 168 g/mol. The standard InChI is InChI=1S/C10H10O3/c1-2-6-13-10(12)8-4-3-5-9(11)7-8/h2-7,11H,1H3/b6-2-. The average Bonchev–Trinajstić information content (AvgIpc) is 2.14. The van der Waals surface area contributed by atoms with E-state index in [1.165, 1.54) is 18.4 Å². The SMILES string of the molecule is C/C=C\OC(=O)c1cccc(O)c1. The summed E-state index contributed by atoms with van der Waals surface area (Å²) >= 11 is 0. The van der Waals surface area contributed by atoms with Crippen LogP contribution >= 0.6 is 0 Å². The van der Waals surface area contributed by atoms with Gasteiger partial charge in [-0.2, -0.15) is 0 Å². The maximum atomic E-state index is 11.2. The van der Waals surface area contributed by atoms with Crippen LogP contribution in [-0.2, 0) is 4.74 Å². The Balaban J connectivity index is 2.77. The Bertz CT molecular complexity index is 329. The van der Waals surface area contributed by atoms with Crippen LogP contribution in [0.1, 0.15) is 17.3 Å². The van der Waals surface area contributed by atoms with Gasteiger partial charge in [-0.05, 0) is 25.1 Å². The fraction of sp³-hybridized carbons (Fsp3) is 0.100. The first-order chi connectivity index (χ1) is 6.24. The molecule has 0 bridgehead atoms. The normalized spacial score (nSPS) is 10.2. The zero-order valence-electron chi connectivity index (χ0n) is 7.23. The molecule has 0 amide bonds. The van der Waals surface area contributed by atoms with Gasteiger partial charge in [0, 0.05) is 0 Å². The molecule has 68 valence electrons. The third kappa shape index (κ3) is 2.63. The van der Waals surface area contributed by atoms with E-state index in [1.807, 2.05) is 0 Å². The summed E-state index contributed by atoms with van der Waals surface area (Å²) in [6.45, 7) is 1.75. The van der Waals surface area contributed by atoms with Gasteiger partial charge in [-0.3, -0.25) is 0 Å². The molecule has 1 aromatic rings. The van der Waals surface area contributed by atoms with Crippen molar-refractivity contribution in [2.45, 2.75) is 6.92 Å². The number of allylic oxidation sites excluding steroid dienone is 1. The highest BCUT2D eigenvalue weighted by Gasteiger charge is 2.05. The summed E-state index contributed by atoms with van der Waals surface area (Å²) in [5, 5.41) is 9.06. The first-order valence-corrected chi connectivity index (χ1v) is 3.85. The molecule has 0 saturated carbocycles. The van der Waals surface area contributed by atoms with E-state index in [4.69, 9.17) is 9.84 Å². The van der Waals surface area contributed by atoms with Crippen molar-refractivity contribution < 1.29 is 14.6 Å². The first-order valence-electron chi connectivity index (χ1n) is 3.85. The Labute approximate surface area is 76.3 Å². The number of phenolic OH excluding ortho intramolecular Hbond substituents is 1. The van der Waals surface area contributed by atoms with Crippen LogP contribution in [0, 0.1) is 0 Å². The van der Waals surface area contributed by atoms with Gasteiger partial charge >= 0.3 is 5.97 Å². The molecule has 0 aliphatic carbocycles. The van der Waals surface area contributed by atoms with Crippen molar-refractivity contribution in [1.82, 2.24) is 0 Å². The summed E-state index contributed by atoms with van der Waals surface area (Å²) in [5.74, 6) is -0.427. The lowest BCUT2D eigenvalue weighted by Gasteiger charge is -1.98. The number of phenols is 1. The summed E-state index contributed by atoms with van der Waals surface area (Å²) in [7, 11) is 0. The number of esters is 1. The van der Waals surface area contributed by atoms with E-state index in [-0.39, 0.29) is 5.75 Å². The highest BCUT2D eigenvalue weighted by Crippen LogP contribution is 2.11. The molecule has 13 heavy (non-hydrogen) atoms. The molecule has 1 N–H and O–H groups in total. The van der Waals surface area contributed by atoms with Crippen molar-refractivity contribution in [2.75, 3.05) is 0 Å². The summed E-state index contributed by atoms with van der Waals surface area (Å²) in [4.78, 5) is 11.2. The van der Waals surface area contributed by atoms with E-state index < -0.39 is 5.97 Å². The number of carbonyl (C=O) groups excluding carboxylic acids is 1. The number of benzene rings is 1. The molecule has 0 spiro atoms. The summed E-state index contributed by atoms with van der Waals surface area (Å²) in [6, 6.07) is 6.01. The number of rotatable bonds is 2. The minimum absolute atomic E-state index is 0.0509. The molecule has 0 heterocycles. The van der Waals surface area contributed by atoms with Gasteiger partial charge in [0.05, 0.1) is 11.8 Å². The zero-order chi connectivity index (χ0) is 9.68. The van der Waals surface area contributed by atoms with Crippen molar-refractivity contribution >= 4 is 5.97 Å². The molecule has 3 nitrogen and oxygen atoms in total. The highest BCUT2D eigenvalue weighted by molar-refractivity contribution is 5.90. The van der Waals surface area contributed by atoms with Gasteiger partial charge in [0.2, 0.25) is 0 Å². The smallest absolute Gasteiger partial charge is 0.343 e. The number of hydrogen-bond acceptors (Lipinski definition) is 3. The van der Waals surface area contributed by atoms with Crippen molar-refractivity contribution in [2.24, 2.45) is 0 Å². The van der Waals surface area contributed by atoms with Gasteiger partial charge in [0.1, 0.15) is 5.75 Å². The van der Waals surface area contributed by atoms with Crippen molar-refractivity contribution in [1.29, 1.82) is 0 Å². The van der Waals surface area contributed by atoms with Crippen LogP contribution in [0.15, 0.2) is 36.6 Å². The zero-order valence-corrected chi connectivity index (χ0v) is 7.23. The average molecular weight is 178 g/mol. The molecule has 0 fully saturated rings. The van der Waals surface area contributed by atoms with Crippen LogP contribution < -0.4 is 0 Å². The predicted molar refractivity (Wildman–Crippen MR) is 48.3 cm³/mol. The molecule has 3 heteroatoms. The van der Waals surface area contributed by atoms with Gasteiger partial charge in [-0.1, -0.05) is 12.1 Å². The molecule has 0 aromatic heterocycles. The lowest BCUT2D eigenvalue weighted by Crippen LogP contribution is -1.99. The van der Waals surface area contributed by atoms with Gasteiger partial charge in [-0.15, -0.1) is 0 Å². The molecule has 0 radical (unpaired) electrons. The second-order valence-corrected chi connectivity index (χ2v) is 2.43. The Hall–Kier alpha value is -1.77. The Morgan fingerprint density at radius 3 is 2.92 bits per heavy atom. The minimum atomic E-state index is -0.478.